The predicted molar refractivity (Wildman–Crippen MR) is 146 cm³/mol. The van der Waals surface area contributed by atoms with Crippen LogP contribution in [0.5, 0.6) is 0 Å². The number of rotatable bonds is 9. The Hall–Kier alpha value is -3.73. The summed E-state index contributed by atoms with van der Waals surface area (Å²) < 4.78 is 6.90. The van der Waals surface area contributed by atoms with Crippen molar-refractivity contribution in [3.05, 3.63) is 143 Å². The number of hydrogen-bond donors (Lipinski definition) is 1. The fourth-order valence-electron chi connectivity index (χ4n) is 5.43. The molecule has 1 N–H and O–H groups in total. The lowest BCUT2D eigenvalue weighted by molar-refractivity contribution is 0.0147. The number of hydrogen-bond acceptors (Lipinski definition) is 3. The minimum absolute atomic E-state index is 0.0387. The number of benzene rings is 4. The lowest BCUT2D eigenvalue weighted by Gasteiger charge is -2.36. The Morgan fingerprint density at radius 3 is 1.76 bits per heavy atom. The average Bonchev–Trinajstić information content (AvgIpc) is 2.97. The highest BCUT2D eigenvalue weighted by Crippen LogP contribution is 2.40. The molecule has 1 fully saturated rings. The van der Waals surface area contributed by atoms with E-state index in [9.17, 15) is 9.90 Å². The molecule has 0 saturated carbocycles. The molecule has 2 atom stereocenters. The SMILES string of the molecule is O=[C]N1CCC(c2ccc(CCOC(c3ccccc3)(c3ccccc3)c3ccccc3)cc2)C(O)C1. The van der Waals surface area contributed by atoms with E-state index in [-0.39, 0.29) is 5.92 Å². The Morgan fingerprint density at radius 2 is 1.30 bits per heavy atom. The maximum absolute atomic E-state index is 10.9. The van der Waals surface area contributed by atoms with Gasteiger partial charge in [-0.3, -0.25) is 4.79 Å². The van der Waals surface area contributed by atoms with Crippen LogP contribution in [0.3, 0.4) is 0 Å². The number of nitrogens with zero attached hydrogens (tertiary/aromatic N) is 1. The molecule has 4 heteroatoms. The second-order valence-corrected chi connectivity index (χ2v) is 9.62. The van der Waals surface area contributed by atoms with Gasteiger partial charge < -0.3 is 14.7 Å². The molecule has 4 aromatic rings. The number of piperidine rings is 1. The molecular weight excluding hydrogens is 458 g/mol. The minimum atomic E-state index is -0.725. The molecule has 1 amide bonds. The summed E-state index contributed by atoms with van der Waals surface area (Å²) in [4.78, 5) is 12.4. The van der Waals surface area contributed by atoms with Gasteiger partial charge in [0.25, 0.3) is 0 Å². The molecule has 5 rings (SSSR count). The Kier molecular flexibility index (Phi) is 7.79. The number of aliphatic hydroxyl groups is 1. The summed E-state index contributed by atoms with van der Waals surface area (Å²) >= 11 is 0. The third-order valence-electron chi connectivity index (χ3n) is 7.37. The van der Waals surface area contributed by atoms with E-state index in [2.05, 4.69) is 97.1 Å². The zero-order valence-electron chi connectivity index (χ0n) is 20.9. The summed E-state index contributed by atoms with van der Waals surface area (Å²) in [7, 11) is 0. The lowest BCUT2D eigenvalue weighted by atomic mass is 9.80. The van der Waals surface area contributed by atoms with Crippen LogP contribution in [0, 0.1) is 0 Å². The van der Waals surface area contributed by atoms with Gasteiger partial charge in [0.2, 0.25) is 0 Å². The lowest BCUT2D eigenvalue weighted by Crippen LogP contribution is -2.41. The Morgan fingerprint density at radius 1 is 0.784 bits per heavy atom. The van der Waals surface area contributed by atoms with Crippen LogP contribution < -0.4 is 0 Å². The van der Waals surface area contributed by atoms with Gasteiger partial charge in [-0.25, -0.2) is 0 Å². The number of carbonyl (C=O) groups excluding carboxylic acids is 1. The second kappa shape index (κ2) is 11.5. The van der Waals surface area contributed by atoms with Crippen LogP contribution in [-0.4, -0.2) is 42.2 Å². The van der Waals surface area contributed by atoms with Gasteiger partial charge in [-0.15, -0.1) is 0 Å². The average molecular weight is 491 g/mol. The third kappa shape index (κ3) is 5.36. The van der Waals surface area contributed by atoms with Crippen molar-refractivity contribution >= 4 is 6.41 Å². The van der Waals surface area contributed by atoms with E-state index >= 15 is 0 Å². The van der Waals surface area contributed by atoms with Gasteiger partial charge in [-0.2, -0.15) is 0 Å². The molecule has 1 heterocycles. The first-order valence-corrected chi connectivity index (χ1v) is 12.9. The summed E-state index contributed by atoms with van der Waals surface area (Å²) in [6.45, 7) is 1.50. The van der Waals surface area contributed by atoms with Gasteiger partial charge in [0.05, 0.1) is 12.7 Å². The highest BCUT2D eigenvalue weighted by atomic mass is 16.5. The molecule has 0 aliphatic carbocycles. The number of aliphatic hydroxyl groups excluding tert-OH is 1. The van der Waals surface area contributed by atoms with Crippen LogP contribution in [0.1, 0.15) is 40.2 Å². The van der Waals surface area contributed by atoms with Crippen LogP contribution in [0.15, 0.2) is 115 Å². The van der Waals surface area contributed by atoms with Crippen molar-refractivity contribution < 1.29 is 14.6 Å². The van der Waals surface area contributed by atoms with E-state index in [4.69, 9.17) is 4.74 Å². The Balaban J connectivity index is 1.37. The monoisotopic (exact) mass is 490 g/mol. The fourth-order valence-corrected chi connectivity index (χ4v) is 5.43. The minimum Gasteiger partial charge on any atom is -0.391 e. The normalized spacial score (nSPS) is 17.9. The van der Waals surface area contributed by atoms with Gasteiger partial charge in [0.15, 0.2) is 0 Å². The van der Waals surface area contributed by atoms with E-state index < -0.39 is 11.7 Å². The summed E-state index contributed by atoms with van der Waals surface area (Å²) in [6, 6.07) is 39.7. The maximum atomic E-state index is 10.9. The molecule has 2 unspecified atom stereocenters. The second-order valence-electron chi connectivity index (χ2n) is 9.62. The molecule has 4 nitrogen and oxygen atoms in total. The van der Waals surface area contributed by atoms with Crippen molar-refractivity contribution in [2.45, 2.75) is 30.5 Å². The van der Waals surface area contributed by atoms with E-state index in [0.29, 0.717) is 19.7 Å². The van der Waals surface area contributed by atoms with E-state index in [1.54, 1.807) is 0 Å². The zero-order valence-corrected chi connectivity index (χ0v) is 20.9. The summed E-state index contributed by atoms with van der Waals surface area (Å²) in [5.41, 5.74) is 4.84. The van der Waals surface area contributed by atoms with Crippen LogP contribution in [0.25, 0.3) is 0 Å². The summed E-state index contributed by atoms with van der Waals surface area (Å²) in [5, 5.41) is 10.5. The van der Waals surface area contributed by atoms with Gasteiger partial charge in [-0.1, -0.05) is 115 Å². The molecule has 0 spiro atoms. The van der Waals surface area contributed by atoms with E-state index in [1.807, 2.05) is 24.6 Å². The molecule has 37 heavy (non-hydrogen) atoms. The summed E-state index contributed by atoms with van der Waals surface area (Å²) in [5.74, 6) is 0.0387. The maximum Gasteiger partial charge on any atom is 0.312 e. The largest absolute Gasteiger partial charge is 0.391 e. The molecule has 1 radical (unpaired) electrons. The van der Waals surface area contributed by atoms with Gasteiger partial charge in [0, 0.05) is 19.0 Å². The van der Waals surface area contributed by atoms with E-state index in [1.165, 1.54) is 10.5 Å². The molecule has 187 valence electrons. The van der Waals surface area contributed by atoms with Crippen molar-refractivity contribution in [1.82, 2.24) is 4.90 Å². The van der Waals surface area contributed by atoms with Gasteiger partial charge >= 0.3 is 6.41 Å². The zero-order chi connectivity index (χ0) is 25.5. The van der Waals surface area contributed by atoms with Crippen LogP contribution in [0.4, 0.5) is 0 Å². The van der Waals surface area contributed by atoms with Gasteiger partial charge in [-0.05, 0) is 40.7 Å². The van der Waals surface area contributed by atoms with Crippen LogP contribution >= 0.6 is 0 Å². The predicted octanol–water partition coefficient (Wildman–Crippen LogP) is 5.46. The Bertz CT molecular complexity index is 1160. The highest BCUT2D eigenvalue weighted by molar-refractivity contribution is 5.49. The topological polar surface area (TPSA) is 49.8 Å². The standard InChI is InChI=1S/C33H32NO3/c35-25-34-22-20-31(32(36)24-34)27-18-16-26(17-19-27)21-23-37-33(28-10-4-1-5-11-28,29-12-6-2-7-13-29)30-14-8-3-9-15-30/h1-19,31-32,36H,20-24H2. The van der Waals surface area contributed by atoms with Crippen molar-refractivity contribution in [1.29, 1.82) is 0 Å². The molecule has 1 aliphatic rings. The number of β-amino-alcohol motifs (C(OH)–C–C–N with tert-alkyl or cyclic N) is 1. The molecule has 4 aromatic carbocycles. The van der Waals surface area contributed by atoms with Crippen LogP contribution in [-0.2, 0) is 21.6 Å². The number of amides is 1. The van der Waals surface area contributed by atoms with E-state index in [0.717, 1.165) is 35.1 Å². The summed E-state index contributed by atoms with van der Waals surface area (Å²) in [6.07, 6.45) is 2.84. The molecule has 0 aromatic heterocycles. The number of likely N-dealkylation sites (tertiary alicyclic amines) is 1. The van der Waals surface area contributed by atoms with Gasteiger partial charge in [0.1, 0.15) is 5.60 Å². The van der Waals surface area contributed by atoms with Crippen molar-refractivity contribution in [3.63, 3.8) is 0 Å². The molecule has 0 bridgehead atoms. The first-order chi connectivity index (χ1) is 18.2. The van der Waals surface area contributed by atoms with Crippen LogP contribution in [0.2, 0.25) is 0 Å². The van der Waals surface area contributed by atoms with Crippen molar-refractivity contribution in [2.75, 3.05) is 19.7 Å². The van der Waals surface area contributed by atoms with Crippen molar-refractivity contribution in [3.8, 4) is 0 Å². The Labute approximate surface area is 219 Å². The molecule has 1 aliphatic heterocycles. The quantitative estimate of drug-likeness (QED) is 0.317. The molecule has 1 saturated heterocycles. The smallest absolute Gasteiger partial charge is 0.312 e. The highest BCUT2D eigenvalue weighted by Gasteiger charge is 2.37. The first-order valence-electron chi connectivity index (χ1n) is 12.9. The first kappa shape index (κ1) is 24.9. The third-order valence-corrected chi connectivity index (χ3v) is 7.37. The van der Waals surface area contributed by atoms with Crippen molar-refractivity contribution in [2.24, 2.45) is 0 Å². The molecular formula is C33H32NO3. The number of ether oxygens (including phenoxy) is 1. The fraction of sp³-hybridized carbons (Fsp3) is 0.242.